The molecule has 0 aliphatic heterocycles. The second kappa shape index (κ2) is 6.67. The fourth-order valence-corrected chi connectivity index (χ4v) is 2.39. The SMILES string of the molecule is C[NH+](C)C[C@@H]1CCCC[C@H]1OC(=O)C(Cl)Cl. The van der Waals surface area contributed by atoms with Crippen LogP contribution in [0.15, 0.2) is 0 Å². The lowest BCUT2D eigenvalue weighted by molar-refractivity contribution is -0.862. The van der Waals surface area contributed by atoms with Crippen LogP contribution in [0, 0.1) is 5.92 Å². The van der Waals surface area contributed by atoms with Crippen molar-refractivity contribution in [3.63, 3.8) is 0 Å². The molecule has 1 aliphatic rings. The number of quaternary nitrogens is 1. The highest BCUT2D eigenvalue weighted by Gasteiger charge is 2.31. The number of hydrogen-bond donors (Lipinski definition) is 1. The van der Waals surface area contributed by atoms with E-state index in [9.17, 15) is 4.79 Å². The highest BCUT2D eigenvalue weighted by atomic mass is 35.5. The maximum absolute atomic E-state index is 11.3. The first-order chi connectivity index (χ1) is 7.50. The quantitative estimate of drug-likeness (QED) is 0.610. The van der Waals surface area contributed by atoms with Gasteiger partial charge in [-0.25, -0.2) is 4.79 Å². The summed E-state index contributed by atoms with van der Waals surface area (Å²) in [5, 5.41) is 0. The van der Waals surface area contributed by atoms with Crippen LogP contribution in [0.25, 0.3) is 0 Å². The van der Waals surface area contributed by atoms with Gasteiger partial charge >= 0.3 is 5.97 Å². The lowest BCUT2D eigenvalue weighted by Crippen LogP contribution is -3.06. The predicted octanol–water partition coefficient (Wildman–Crippen LogP) is 1.04. The number of hydrogen-bond acceptors (Lipinski definition) is 2. The molecule has 3 nitrogen and oxygen atoms in total. The van der Waals surface area contributed by atoms with Crippen LogP contribution in [0.4, 0.5) is 0 Å². The van der Waals surface area contributed by atoms with Crippen molar-refractivity contribution in [1.82, 2.24) is 0 Å². The molecule has 1 saturated carbocycles. The fraction of sp³-hybridized carbons (Fsp3) is 0.909. The molecule has 94 valence electrons. The predicted molar refractivity (Wildman–Crippen MR) is 65.0 cm³/mol. The summed E-state index contributed by atoms with van der Waals surface area (Å²) in [7, 11) is 4.22. The van der Waals surface area contributed by atoms with Crippen molar-refractivity contribution in [2.75, 3.05) is 20.6 Å². The van der Waals surface area contributed by atoms with Gasteiger partial charge in [-0.2, -0.15) is 0 Å². The molecule has 1 N–H and O–H groups in total. The van der Waals surface area contributed by atoms with Gasteiger partial charge in [-0.3, -0.25) is 0 Å². The summed E-state index contributed by atoms with van der Waals surface area (Å²) in [6.45, 7) is 1.02. The first-order valence-electron chi connectivity index (χ1n) is 5.78. The Morgan fingerprint density at radius 2 is 2.00 bits per heavy atom. The summed E-state index contributed by atoms with van der Waals surface area (Å²) < 4.78 is 5.35. The molecule has 0 unspecified atom stereocenters. The minimum absolute atomic E-state index is 0.00356. The Kier molecular flexibility index (Phi) is 5.87. The highest BCUT2D eigenvalue weighted by Crippen LogP contribution is 2.26. The Hall–Kier alpha value is 0.01000. The number of ether oxygens (including phenoxy) is 1. The van der Waals surface area contributed by atoms with Gasteiger partial charge in [0.15, 0.2) is 0 Å². The molecule has 0 amide bonds. The van der Waals surface area contributed by atoms with Crippen molar-refractivity contribution >= 4 is 29.2 Å². The van der Waals surface area contributed by atoms with Gasteiger partial charge < -0.3 is 9.64 Å². The van der Waals surface area contributed by atoms with Crippen LogP contribution in [0.3, 0.4) is 0 Å². The second-order valence-corrected chi connectivity index (χ2v) is 5.83. The average molecular weight is 269 g/mol. The molecule has 1 aliphatic carbocycles. The zero-order valence-electron chi connectivity index (χ0n) is 9.84. The van der Waals surface area contributed by atoms with Crippen molar-refractivity contribution in [3.05, 3.63) is 0 Å². The molecular weight excluding hydrogens is 249 g/mol. The fourth-order valence-electron chi connectivity index (χ4n) is 2.29. The average Bonchev–Trinajstić information content (AvgIpc) is 2.20. The minimum Gasteiger partial charge on any atom is -0.460 e. The van der Waals surface area contributed by atoms with Gasteiger partial charge in [0, 0.05) is 5.92 Å². The van der Waals surface area contributed by atoms with Crippen molar-refractivity contribution in [2.45, 2.75) is 36.6 Å². The van der Waals surface area contributed by atoms with Gasteiger partial charge in [-0.05, 0) is 19.3 Å². The summed E-state index contributed by atoms with van der Waals surface area (Å²) in [6.07, 6.45) is 4.39. The molecule has 0 saturated heterocycles. The molecule has 1 fully saturated rings. The van der Waals surface area contributed by atoms with Crippen LogP contribution < -0.4 is 4.90 Å². The number of carbonyl (C=O) groups excluding carboxylic acids is 1. The zero-order valence-corrected chi connectivity index (χ0v) is 11.4. The van der Waals surface area contributed by atoms with E-state index in [1.54, 1.807) is 0 Å². The number of carbonyl (C=O) groups is 1. The number of nitrogens with one attached hydrogen (secondary N) is 1. The van der Waals surface area contributed by atoms with Gasteiger partial charge in [-0.1, -0.05) is 29.6 Å². The second-order valence-electron chi connectivity index (χ2n) is 4.73. The molecule has 0 radical (unpaired) electrons. The maximum Gasteiger partial charge on any atom is 0.339 e. The summed E-state index contributed by atoms with van der Waals surface area (Å²) in [5.41, 5.74) is 0. The third-order valence-electron chi connectivity index (χ3n) is 2.96. The van der Waals surface area contributed by atoms with Gasteiger partial charge in [-0.15, -0.1) is 0 Å². The van der Waals surface area contributed by atoms with Crippen molar-refractivity contribution < 1.29 is 14.4 Å². The summed E-state index contributed by atoms with van der Waals surface area (Å²) in [6, 6.07) is 0. The molecule has 5 heteroatoms. The third kappa shape index (κ3) is 4.48. The van der Waals surface area contributed by atoms with Crippen LogP contribution in [0.1, 0.15) is 25.7 Å². The topological polar surface area (TPSA) is 30.7 Å². The lowest BCUT2D eigenvalue weighted by Gasteiger charge is -2.31. The molecule has 1 rings (SSSR count). The van der Waals surface area contributed by atoms with Crippen molar-refractivity contribution in [3.8, 4) is 0 Å². The van der Waals surface area contributed by atoms with Crippen LogP contribution in [-0.4, -0.2) is 37.5 Å². The largest absolute Gasteiger partial charge is 0.460 e. The molecule has 0 bridgehead atoms. The Morgan fingerprint density at radius 3 is 2.56 bits per heavy atom. The first kappa shape index (κ1) is 14.1. The maximum atomic E-state index is 11.3. The highest BCUT2D eigenvalue weighted by molar-refractivity contribution is 6.52. The number of rotatable bonds is 4. The molecule has 0 aromatic rings. The smallest absolute Gasteiger partial charge is 0.339 e. The van der Waals surface area contributed by atoms with E-state index in [2.05, 4.69) is 14.1 Å². The monoisotopic (exact) mass is 268 g/mol. The molecular formula is C11H20Cl2NO2+. The van der Waals surface area contributed by atoms with Crippen molar-refractivity contribution in [2.24, 2.45) is 5.92 Å². The van der Waals surface area contributed by atoms with Crippen molar-refractivity contribution in [1.29, 1.82) is 0 Å². The zero-order chi connectivity index (χ0) is 12.1. The Morgan fingerprint density at radius 1 is 1.38 bits per heavy atom. The van der Waals surface area contributed by atoms with E-state index in [0.29, 0.717) is 5.92 Å². The van der Waals surface area contributed by atoms with E-state index < -0.39 is 10.8 Å². The van der Waals surface area contributed by atoms with Crippen LogP contribution in [0.2, 0.25) is 0 Å². The van der Waals surface area contributed by atoms with E-state index in [0.717, 1.165) is 25.8 Å². The third-order valence-corrected chi connectivity index (χ3v) is 3.31. The van der Waals surface area contributed by atoms with E-state index in [1.165, 1.54) is 11.3 Å². The first-order valence-corrected chi connectivity index (χ1v) is 6.65. The molecule has 0 aromatic heterocycles. The van der Waals surface area contributed by atoms with E-state index in [-0.39, 0.29) is 6.10 Å². The summed E-state index contributed by atoms with van der Waals surface area (Å²) >= 11 is 11.0. The standard InChI is InChI=1S/C11H19Cl2NO2/c1-14(2)7-8-5-3-4-6-9(8)16-11(15)10(12)13/h8-10H,3-7H2,1-2H3/p+1/t8-,9+/m0/s1. The molecule has 16 heavy (non-hydrogen) atoms. The Bertz CT molecular complexity index is 234. The molecule has 2 atom stereocenters. The van der Waals surface area contributed by atoms with E-state index in [1.807, 2.05) is 0 Å². The summed E-state index contributed by atoms with van der Waals surface area (Å²) in [5.74, 6) is -0.0660. The number of alkyl halides is 2. The number of halogens is 2. The normalized spacial score (nSPS) is 26.1. The van der Waals surface area contributed by atoms with Gasteiger partial charge in [0.25, 0.3) is 0 Å². The lowest BCUT2D eigenvalue weighted by atomic mass is 9.86. The van der Waals surface area contributed by atoms with Gasteiger partial charge in [0.1, 0.15) is 6.10 Å². The van der Waals surface area contributed by atoms with E-state index in [4.69, 9.17) is 27.9 Å². The van der Waals surface area contributed by atoms with Crippen LogP contribution in [0.5, 0.6) is 0 Å². The Labute approximate surface area is 107 Å². The van der Waals surface area contributed by atoms with Gasteiger partial charge in [0.2, 0.25) is 4.84 Å². The summed E-state index contributed by atoms with van der Waals surface area (Å²) in [4.78, 5) is 11.7. The van der Waals surface area contributed by atoms with Crippen LogP contribution in [-0.2, 0) is 9.53 Å². The molecule has 0 heterocycles. The van der Waals surface area contributed by atoms with Gasteiger partial charge in [0.05, 0.1) is 20.6 Å². The molecule has 0 spiro atoms. The van der Waals surface area contributed by atoms with Crippen LogP contribution >= 0.6 is 23.2 Å². The Balaban J connectivity index is 2.49. The minimum atomic E-state index is -1.06. The number of esters is 1. The van der Waals surface area contributed by atoms with E-state index >= 15 is 0 Å². The molecule has 0 aromatic carbocycles.